The maximum Gasteiger partial charge on any atom is 0.277 e. The van der Waals surface area contributed by atoms with Crippen LogP contribution in [0.4, 0.5) is 0 Å². The number of nitrogens with zero attached hydrogens (tertiary/aromatic N) is 4. The van der Waals surface area contributed by atoms with Crippen molar-refractivity contribution in [2.75, 3.05) is 6.79 Å². The molecule has 0 saturated carbocycles. The van der Waals surface area contributed by atoms with Crippen molar-refractivity contribution in [3.8, 4) is 23.0 Å². The van der Waals surface area contributed by atoms with Crippen LogP contribution in [-0.2, 0) is 5.75 Å². The van der Waals surface area contributed by atoms with Crippen LogP contribution in [0.1, 0.15) is 5.69 Å². The van der Waals surface area contributed by atoms with Gasteiger partial charge in [0.25, 0.3) is 5.22 Å². The van der Waals surface area contributed by atoms with Crippen molar-refractivity contribution in [2.45, 2.75) is 11.0 Å². The van der Waals surface area contributed by atoms with E-state index in [-0.39, 0.29) is 6.79 Å². The summed E-state index contributed by atoms with van der Waals surface area (Å²) in [6.45, 7) is 0.239. The zero-order chi connectivity index (χ0) is 16.6. The monoisotopic (exact) mass is 352 g/mol. The number of hydrogen-bond acceptors (Lipinski definition) is 7. The first kappa shape index (κ1) is 14.4. The fourth-order valence-corrected chi connectivity index (χ4v) is 3.25. The highest BCUT2D eigenvalue weighted by Crippen LogP contribution is 2.36. The molecular weight excluding hydrogens is 340 g/mol. The Morgan fingerprint density at radius 1 is 1.08 bits per heavy atom. The van der Waals surface area contributed by atoms with E-state index in [4.69, 9.17) is 13.9 Å². The summed E-state index contributed by atoms with van der Waals surface area (Å²) in [4.78, 5) is 4.55. The van der Waals surface area contributed by atoms with Crippen LogP contribution in [-0.4, -0.2) is 26.4 Å². The second-order valence-electron chi connectivity index (χ2n) is 5.43. The Bertz CT molecular complexity index is 1030. The molecule has 0 fully saturated rings. The van der Waals surface area contributed by atoms with Crippen LogP contribution in [0.3, 0.4) is 0 Å². The first-order valence-electron chi connectivity index (χ1n) is 7.64. The minimum Gasteiger partial charge on any atom is -0.454 e. The molecule has 1 aromatic carbocycles. The van der Waals surface area contributed by atoms with E-state index in [2.05, 4.69) is 15.2 Å². The summed E-state index contributed by atoms with van der Waals surface area (Å²) < 4.78 is 18.4. The first-order chi connectivity index (χ1) is 12.3. The smallest absolute Gasteiger partial charge is 0.277 e. The summed E-state index contributed by atoms with van der Waals surface area (Å²) in [7, 11) is 0. The first-order valence-corrected chi connectivity index (χ1v) is 8.63. The highest BCUT2D eigenvalue weighted by atomic mass is 32.2. The highest BCUT2D eigenvalue weighted by Gasteiger charge is 2.17. The molecule has 0 radical (unpaired) electrons. The molecule has 1 aliphatic rings. The summed E-state index contributed by atoms with van der Waals surface area (Å²) in [5.74, 6) is 2.53. The van der Waals surface area contributed by atoms with Gasteiger partial charge >= 0.3 is 0 Å². The van der Waals surface area contributed by atoms with Crippen molar-refractivity contribution in [1.29, 1.82) is 0 Å². The van der Waals surface area contributed by atoms with Crippen LogP contribution in [0, 0.1) is 0 Å². The topological polar surface area (TPSA) is 74.7 Å². The van der Waals surface area contributed by atoms with E-state index in [1.165, 1.54) is 11.8 Å². The van der Waals surface area contributed by atoms with Gasteiger partial charge in [0.05, 0.1) is 5.69 Å². The van der Waals surface area contributed by atoms with Gasteiger partial charge in [-0.1, -0.05) is 17.8 Å². The van der Waals surface area contributed by atoms with Crippen LogP contribution in [0.5, 0.6) is 11.5 Å². The summed E-state index contributed by atoms with van der Waals surface area (Å²) in [5, 5.41) is 8.71. The maximum atomic E-state index is 5.74. The SMILES string of the molecule is c1ccn2cc(CSc3nnc(-c4ccc5c(c4)OCO5)o3)nc2c1. The van der Waals surface area contributed by atoms with Gasteiger partial charge in [0.1, 0.15) is 5.65 Å². The molecule has 0 amide bonds. The normalized spacial score (nSPS) is 12.8. The minimum atomic E-state index is 0.239. The molecule has 0 spiro atoms. The van der Waals surface area contributed by atoms with Crippen LogP contribution >= 0.6 is 11.8 Å². The summed E-state index contributed by atoms with van der Waals surface area (Å²) in [6.07, 6.45) is 3.97. The van der Waals surface area contributed by atoms with Crippen molar-refractivity contribution in [3.05, 3.63) is 54.5 Å². The van der Waals surface area contributed by atoms with E-state index in [1.54, 1.807) is 0 Å². The van der Waals surface area contributed by atoms with Gasteiger partial charge in [0, 0.05) is 23.7 Å². The lowest BCUT2D eigenvalue weighted by Crippen LogP contribution is -1.92. The number of rotatable bonds is 4. The third-order valence-corrected chi connectivity index (χ3v) is 4.64. The Morgan fingerprint density at radius 2 is 2.04 bits per heavy atom. The number of hydrogen-bond donors (Lipinski definition) is 0. The molecule has 0 atom stereocenters. The molecule has 0 N–H and O–H groups in total. The highest BCUT2D eigenvalue weighted by molar-refractivity contribution is 7.98. The van der Waals surface area contributed by atoms with Gasteiger partial charge in [-0.05, 0) is 30.3 Å². The van der Waals surface area contributed by atoms with Crippen molar-refractivity contribution >= 4 is 17.4 Å². The van der Waals surface area contributed by atoms with Crippen LogP contribution in [0.25, 0.3) is 17.1 Å². The second-order valence-corrected chi connectivity index (χ2v) is 6.35. The quantitative estimate of drug-likeness (QED) is 0.521. The van der Waals surface area contributed by atoms with Crippen molar-refractivity contribution < 1.29 is 13.9 Å². The number of imidazole rings is 1. The molecule has 25 heavy (non-hydrogen) atoms. The Kier molecular flexibility index (Phi) is 3.34. The number of benzene rings is 1. The molecule has 124 valence electrons. The third kappa shape index (κ3) is 2.70. The molecule has 1 aliphatic heterocycles. The van der Waals surface area contributed by atoms with E-state index in [9.17, 15) is 0 Å². The fraction of sp³-hybridized carbons (Fsp3) is 0.118. The fourth-order valence-electron chi connectivity index (χ4n) is 2.61. The standard InChI is InChI=1S/C17H12N4O3S/c1-2-6-21-8-12(18-15(21)3-1)9-25-17-20-19-16(24-17)11-4-5-13-14(7-11)23-10-22-13/h1-8H,9-10H2. The number of thioether (sulfide) groups is 1. The average Bonchev–Trinajstić information content (AvgIpc) is 3.37. The predicted octanol–water partition coefficient (Wildman–Crippen LogP) is 3.41. The Hall–Kier alpha value is -3.00. The van der Waals surface area contributed by atoms with Gasteiger partial charge in [-0.25, -0.2) is 4.98 Å². The van der Waals surface area contributed by atoms with Gasteiger partial charge in [0.15, 0.2) is 11.5 Å². The molecule has 7 nitrogen and oxygen atoms in total. The van der Waals surface area contributed by atoms with Gasteiger partial charge < -0.3 is 18.3 Å². The molecular formula is C17H12N4O3S. The van der Waals surface area contributed by atoms with Gasteiger partial charge in [-0.3, -0.25) is 0 Å². The molecule has 4 heterocycles. The van der Waals surface area contributed by atoms with Gasteiger partial charge in [-0.15, -0.1) is 10.2 Å². The Morgan fingerprint density at radius 3 is 3.00 bits per heavy atom. The molecule has 4 aromatic rings. The summed E-state index contributed by atoms with van der Waals surface area (Å²) in [5.41, 5.74) is 2.68. The van der Waals surface area contributed by atoms with Crippen LogP contribution in [0.15, 0.2) is 58.4 Å². The molecule has 0 saturated heterocycles. The van der Waals surface area contributed by atoms with E-state index >= 15 is 0 Å². The zero-order valence-corrected chi connectivity index (χ0v) is 13.8. The molecule has 0 aliphatic carbocycles. The van der Waals surface area contributed by atoms with Gasteiger partial charge in [0.2, 0.25) is 12.7 Å². The van der Waals surface area contributed by atoms with Crippen LogP contribution < -0.4 is 9.47 Å². The molecule has 0 unspecified atom stereocenters. The number of pyridine rings is 1. The maximum absolute atomic E-state index is 5.74. The summed E-state index contributed by atoms with van der Waals surface area (Å²) in [6, 6.07) is 11.5. The van der Waals surface area contributed by atoms with Crippen molar-refractivity contribution in [3.63, 3.8) is 0 Å². The predicted molar refractivity (Wildman–Crippen MR) is 90.6 cm³/mol. The molecule has 3 aromatic heterocycles. The third-order valence-electron chi connectivity index (χ3n) is 3.78. The minimum absolute atomic E-state index is 0.239. The van der Waals surface area contributed by atoms with Crippen molar-refractivity contribution in [2.24, 2.45) is 0 Å². The van der Waals surface area contributed by atoms with E-state index in [0.717, 1.165) is 22.7 Å². The molecule has 5 rings (SSSR count). The number of ether oxygens (including phenoxy) is 2. The average molecular weight is 352 g/mol. The lowest BCUT2D eigenvalue weighted by molar-refractivity contribution is 0.174. The Balaban J connectivity index is 1.32. The lowest BCUT2D eigenvalue weighted by atomic mass is 10.2. The molecule has 0 bridgehead atoms. The van der Waals surface area contributed by atoms with Crippen LogP contribution in [0.2, 0.25) is 0 Å². The molecule has 8 heteroatoms. The van der Waals surface area contributed by atoms with E-state index in [0.29, 0.717) is 22.6 Å². The number of aromatic nitrogens is 4. The zero-order valence-electron chi connectivity index (χ0n) is 13.0. The van der Waals surface area contributed by atoms with E-state index in [1.807, 2.05) is 53.2 Å². The largest absolute Gasteiger partial charge is 0.454 e. The Labute approximate surface area is 146 Å². The second kappa shape index (κ2) is 5.82. The number of fused-ring (bicyclic) bond motifs is 2. The summed E-state index contributed by atoms with van der Waals surface area (Å²) >= 11 is 1.46. The van der Waals surface area contributed by atoms with E-state index < -0.39 is 0 Å². The lowest BCUT2D eigenvalue weighted by Gasteiger charge is -1.97. The van der Waals surface area contributed by atoms with Crippen molar-refractivity contribution in [1.82, 2.24) is 19.6 Å². The van der Waals surface area contributed by atoms with Gasteiger partial charge in [-0.2, -0.15) is 0 Å².